The maximum absolute atomic E-state index is 12.7. The van der Waals surface area contributed by atoms with Crippen LogP contribution in [0.5, 0.6) is 0 Å². The predicted molar refractivity (Wildman–Crippen MR) is 76.7 cm³/mol. The van der Waals surface area contributed by atoms with E-state index in [1.807, 2.05) is 0 Å². The standard InChI is InChI=1S/C16H18F3NO3/c1-15(2,14(22)23)8-20-13(21)12-7-11(12)9-4-3-5-10(6-9)16(17,18)19/h3-6,11-12H,7-8H2,1-2H3,(H,20,21)(H,22,23). The summed E-state index contributed by atoms with van der Waals surface area (Å²) in [6, 6.07) is 4.98. The molecule has 1 amide bonds. The van der Waals surface area contributed by atoms with Gasteiger partial charge in [0.25, 0.3) is 0 Å². The van der Waals surface area contributed by atoms with Gasteiger partial charge in [0.2, 0.25) is 5.91 Å². The fraction of sp³-hybridized carbons (Fsp3) is 0.500. The van der Waals surface area contributed by atoms with Gasteiger partial charge in [-0.3, -0.25) is 9.59 Å². The molecule has 1 fully saturated rings. The minimum Gasteiger partial charge on any atom is -0.481 e. The Morgan fingerprint density at radius 3 is 2.52 bits per heavy atom. The zero-order chi connectivity index (χ0) is 17.4. The average Bonchev–Trinajstić information content (AvgIpc) is 3.24. The quantitative estimate of drug-likeness (QED) is 0.872. The average molecular weight is 329 g/mol. The summed E-state index contributed by atoms with van der Waals surface area (Å²) in [6.45, 7) is 2.96. The summed E-state index contributed by atoms with van der Waals surface area (Å²) in [5, 5.41) is 11.6. The molecule has 1 aliphatic rings. The van der Waals surface area contributed by atoms with Gasteiger partial charge in [-0.15, -0.1) is 0 Å². The van der Waals surface area contributed by atoms with E-state index in [4.69, 9.17) is 5.11 Å². The van der Waals surface area contributed by atoms with Crippen LogP contribution in [0.2, 0.25) is 0 Å². The van der Waals surface area contributed by atoms with Crippen LogP contribution in [-0.2, 0) is 15.8 Å². The summed E-state index contributed by atoms with van der Waals surface area (Å²) in [4.78, 5) is 23.0. The number of rotatable bonds is 5. The number of alkyl halides is 3. The first-order valence-corrected chi connectivity index (χ1v) is 7.20. The molecule has 1 saturated carbocycles. The number of benzene rings is 1. The number of carbonyl (C=O) groups excluding carboxylic acids is 1. The Labute approximate surface area is 131 Å². The lowest BCUT2D eigenvalue weighted by molar-refractivity contribution is -0.146. The van der Waals surface area contributed by atoms with Gasteiger partial charge in [-0.25, -0.2) is 0 Å². The number of carbonyl (C=O) groups is 2. The number of hydrogen-bond donors (Lipinski definition) is 2. The predicted octanol–water partition coefficient (Wildman–Crippen LogP) is 3.04. The van der Waals surface area contributed by atoms with Crippen molar-refractivity contribution in [3.05, 3.63) is 35.4 Å². The third-order valence-electron chi connectivity index (χ3n) is 4.05. The van der Waals surface area contributed by atoms with E-state index < -0.39 is 29.0 Å². The monoisotopic (exact) mass is 329 g/mol. The molecule has 2 rings (SSSR count). The fourth-order valence-electron chi connectivity index (χ4n) is 2.31. The third-order valence-corrected chi connectivity index (χ3v) is 4.05. The molecule has 7 heteroatoms. The first kappa shape index (κ1) is 17.3. The Bertz CT molecular complexity index is 625. The SMILES string of the molecule is CC(C)(CNC(=O)C1CC1c1cccc(C(F)(F)F)c1)C(=O)O. The second-order valence-corrected chi connectivity index (χ2v) is 6.48. The topological polar surface area (TPSA) is 66.4 Å². The van der Waals surface area contributed by atoms with E-state index in [1.54, 1.807) is 6.07 Å². The van der Waals surface area contributed by atoms with Gasteiger partial charge in [-0.05, 0) is 37.8 Å². The molecule has 0 saturated heterocycles. The maximum atomic E-state index is 12.7. The van der Waals surface area contributed by atoms with Crippen molar-refractivity contribution in [2.45, 2.75) is 32.4 Å². The lowest BCUT2D eigenvalue weighted by atomic mass is 9.94. The van der Waals surface area contributed by atoms with Crippen LogP contribution in [-0.4, -0.2) is 23.5 Å². The van der Waals surface area contributed by atoms with Crippen LogP contribution in [0.15, 0.2) is 24.3 Å². The summed E-state index contributed by atoms with van der Waals surface area (Å²) in [5.74, 6) is -1.99. The number of carboxylic acid groups (broad SMARTS) is 1. The van der Waals surface area contributed by atoms with Gasteiger partial charge in [0.05, 0.1) is 11.0 Å². The number of carboxylic acids is 1. The van der Waals surface area contributed by atoms with Crippen LogP contribution in [0.1, 0.15) is 37.3 Å². The molecule has 0 radical (unpaired) electrons. The minimum atomic E-state index is -4.41. The Kier molecular flexibility index (Phi) is 4.41. The molecule has 0 aromatic heterocycles. The molecule has 4 nitrogen and oxygen atoms in total. The first-order valence-electron chi connectivity index (χ1n) is 7.20. The van der Waals surface area contributed by atoms with Gasteiger partial charge in [-0.1, -0.05) is 18.2 Å². The van der Waals surface area contributed by atoms with Gasteiger partial charge in [0.1, 0.15) is 0 Å². The van der Waals surface area contributed by atoms with Gasteiger partial charge >= 0.3 is 12.1 Å². The zero-order valence-corrected chi connectivity index (χ0v) is 12.8. The van der Waals surface area contributed by atoms with E-state index in [0.717, 1.165) is 12.1 Å². The van der Waals surface area contributed by atoms with E-state index in [1.165, 1.54) is 19.9 Å². The molecule has 2 atom stereocenters. The molecule has 2 unspecified atom stereocenters. The lowest BCUT2D eigenvalue weighted by Gasteiger charge is -2.19. The number of halogens is 3. The van der Waals surface area contributed by atoms with Crippen molar-refractivity contribution in [2.24, 2.45) is 11.3 Å². The second kappa shape index (κ2) is 5.86. The summed E-state index contributed by atoms with van der Waals surface area (Å²) < 4.78 is 38.1. The summed E-state index contributed by atoms with van der Waals surface area (Å²) in [5.41, 5.74) is -1.33. The summed E-state index contributed by atoms with van der Waals surface area (Å²) >= 11 is 0. The van der Waals surface area contributed by atoms with Gasteiger partial charge in [0, 0.05) is 12.5 Å². The van der Waals surface area contributed by atoms with Crippen molar-refractivity contribution in [3.8, 4) is 0 Å². The second-order valence-electron chi connectivity index (χ2n) is 6.48. The van der Waals surface area contributed by atoms with Crippen molar-refractivity contribution < 1.29 is 27.9 Å². The number of nitrogens with one attached hydrogen (secondary N) is 1. The van der Waals surface area contributed by atoms with Gasteiger partial charge in [-0.2, -0.15) is 13.2 Å². The van der Waals surface area contributed by atoms with Crippen molar-refractivity contribution in [3.63, 3.8) is 0 Å². The molecular formula is C16H18F3NO3. The summed E-state index contributed by atoms with van der Waals surface area (Å²) in [7, 11) is 0. The molecule has 2 N–H and O–H groups in total. The molecule has 0 bridgehead atoms. The molecule has 1 aromatic carbocycles. The zero-order valence-electron chi connectivity index (χ0n) is 12.8. The third kappa shape index (κ3) is 4.03. The van der Waals surface area contributed by atoms with Crippen LogP contribution in [0.25, 0.3) is 0 Å². The van der Waals surface area contributed by atoms with E-state index in [2.05, 4.69) is 5.32 Å². The molecule has 23 heavy (non-hydrogen) atoms. The molecular weight excluding hydrogens is 311 g/mol. The molecule has 126 valence electrons. The highest BCUT2D eigenvalue weighted by Crippen LogP contribution is 2.48. The van der Waals surface area contributed by atoms with E-state index in [0.29, 0.717) is 12.0 Å². The van der Waals surface area contributed by atoms with Crippen LogP contribution >= 0.6 is 0 Å². The van der Waals surface area contributed by atoms with E-state index in [9.17, 15) is 22.8 Å². The normalized spacial score (nSPS) is 20.9. The van der Waals surface area contributed by atoms with Crippen LogP contribution in [0, 0.1) is 11.3 Å². The molecule has 1 aliphatic carbocycles. The van der Waals surface area contributed by atoms with Crippen molar-refractivity contribution in [1.82, 2.24) is 5.32 Å². The van der Waals surface area contributed by atoms with Gasteiger partial charge < -0.3 is 10.4 Å². The van der Waals surface area contributed by atoms with Crippen LogP contribution in [0.3, 0.4) is 0 Å². The minimum absolute atomic E-state index is 0.0209. The van der Waals surface area contributed by atoms with Crippen molar-refractivity contribution in [2.75, 3.05) is 6.54 Å². The molecule has 0 heterocycles. The number of hydrogen-bond acceptors (Lipinski definition) is 2. The number of aliphatic carboxylic acids is 1. The smallest absolute Gasteiger partial charge is 0.416 e. The highest BCUT2D eigenvalue weighted by molar-refractivity contribution is 5.84. The van der Waals surface area contributed by atoms with E-state index >= 15 is 0 Å². The molecule has 0 aliphatic heterocycles. The highest BCUT2D eigenvalue weighted by atomic mass is 19.4. The van der Waals surface area contributed by atoms with Crippen LogP contribution in [0.4, 0.5) is 13.2 Å². The van der Waals surface area contributed by atoms with Crippen molar-refractivity contribution >= 4 is 11.9 Å². The Morgan fingerprint density at radius 2 is 1.96 bits per heavy atom. The fourth-order valence-corrected chi connectivity index (χ4v) is 2.31. The Morgan fingerprint density at radius 1 is 1.30 bits per heavy atom. The highest BCUT2D eigenvalue weighted by Gasteiger charge is 2.45. The van der Waals surface area contributed by atoms with Crippen LogP contribution < -0.4 is 5.32 Å². The largest absolute Gasteiger partial charge is 0.481 e. The summed E-state index contributed by atoms with van der Waals surface area (Å²) in [6.07, 6.45) is -3.94. The molecule has 0 spiro atoms. The maximum Gasteiger partial charge on any atom is 0.416 e. The molecule has 1 aromatic rings. The Balaban J connectivity index is 1.97. The van der Waals surface area contributed by atoms with Crippen molar-refractivity contribution in [1.29, 1.82) is 0 Å². The van der Waals surface area contributed by atoms with Gasteiger partial charge in [0.15, 0.2) is 0 Å². The lowest BCUT2D eigenvalue weighted by Crippen LogP contribution is -2.39. The first-order chi connectivity index (χ1) is 10.5. The van der Waals surface area contributed by atoms with E-state index in [-0.39, 0.29) is 18.4 Å². The number of amides is 1. The Hall–Kier alpha value is -2.05.